The van der Waals surface area contributed by atoms with Crippen LogP contribution < -0.4 is 5.32 Å². The highest BCUT2D eigenvalue weighted by Crippen LogP contribution is 2.44. The predicted octanol–water partition coefficient (Wildman–Crippen LogP) is 3.19. The SMILES string of the molecule is Clc1cc2c(s1)CCOC21CCNCC1.O=C(O)C(F)(F)F. The van der Waals surface area contributed by atoms with Crippen molar-refractivity contribution >= 4 is 28.9 Å². The molecule has 0 aliphatic carbocycles. The van der Waals surface area contributed by atoms with Gasteiger partial charge in [0.2, 0.25) is 0 Å². The molecule has 1 aromatic heterocycles. The highest BCUT2D eigenvalue weighted by molar-refractivity contribution is 7.16. The summed E-state index contributed by atoms with van der Waals surface area (Å²) in [4.78, 5) is 10.3. The molecule has 0 radical (unpaired) electrons. The third kappa shape index (κ3) is 3.92. The normalized spacial score (nSPS) is 20.0. The number of piperidine rings is 1. The molecular formula is C13H15ClF3NO3S. The van der Waals surface area contributed by atoms with E-state index in [1.54, 1.807) is 11.3 Å². The number of aliphatic carboxylic acids is 1. The number of hydrogen-bond donors (Lipinski definition) is 2. The van der Waals surface area contributed by atoms with Crippen LogP contribution in [0.25, 0.3) is 0 Å². The molecule has 3 heterocycles. The van der Waals surface area contributed by atoms with Crippen LogP contribution in [0.15, 0.2) is 6.07 Å². The van der Waals surface area contributed by atoms with Crippen LogP contribution in [0.2, 0.25) is 4.34 Å². The maximum Gasteiger partial charge on any atom is 0.490 e. The van der Waals surface area contributed by atoms with Gasteiger partial charge in [-0.3, -0.25) is 0 Å². The van der Waals surface area contributed by atoms with Gasteiger partial charge in [0.25, 0.3) is 0 Å². The zero-order chi connectivity index (χ0) is 16.4. The summed E-state index contributed by atoms with van der Waals surface area (Å²) in [5, 5.41) is 10.5. The topological polar surface area (TPSA) is 58.6 Å². The summed E-state index contributed by atoms with van der Waals surface area (Å²) in [5.74, 6) is -2.76. The van der Waals surface area contributed by atoms with Crippen LogP contribution >= 0.6 is 22.9 Å². The molecule has 1 aromatic rings. The van der Waals surface area contributed by atoms with Crippen molar-refractivity contribution in [1.29, 1.82) is 0 Å². The van der Waals surface area contributed by atoms with Crippen LogP contribution in [0.4, 0.5) is 13.2 Å². The fourth-order valence-electron chi connectivity index (χ4n) is 2.63. The summed E-state index contributed by atoms with van der Waals surface area (Å²) >= 11 is 7.82. The van der Waals surface area contributed by atoms with Gasteiger partial charge in [0, 0.05) is 11.3 Å². The zero-order valence-corrected chi connectivity index (χ0v) is 13.1. The average Bonchev–Trinajstić information content (AvgIpc) is 2.82. The summed E-state index contributed by atoms with van der Waals surface area (Å²) in [6, 6.07) is 2.12. The average molecular weight is 358 g/mol. The molecule has 124 valence electrons. The molecule has 4 nitrogen and oxygen atoms in total. The Bertz CT molecular complexity index is 541. The Hall–Kier alpha value is -0.830. The third-order valence-electron chi connectivity index (χ3n) is 3.63. The second-order valence-electron chi connectivity index (χ2n) is 5.03. The lowest BCUT2D eigenvalue weighted by Crippen LogP contribution is -2.44. The number of hydrogen-bond acceptors (Lipinski definition) is 4. The quantitative estimate of drug-likeness (QED) is 0.748. The van der Waals surface area contributed by atoms with Gasteiger partial charge in [-0.05, 0) is 37.6 Å². The van der Waals surface area contributed by atoms with Crippen molar-refractivity contribution in [3.63, 3.8) is 0 Å². The van der Waals surface area contributed by atoms with Gasteiger partial charge in [-0.15, -0.1) is 11.3 Å². The number of rotatable bonds is 0. The molecule has 9 heteroatoms. The lowest BCUT2D eigenvalue weighted by molar-refractivity contribution is -0.192. The van der Waals surface area contributed by atoms with Crippen molar-refractivity contribution in [2.45, 2.75) is 31.0 Å². The number of alkyl halides is 3. The molecule has 22 heavy (non-hydrogen) atoms. The smallest absolute Gasteiger partial charge is 0.475 e. The first-order valence-corrected chi connectivity index (χ1v) is 7.87. The van der Waals surface area contributed by atoms with Crippen LogP contribution in [-0.4, -0.2) is 36.9 Å². The zero-order valence-electron chi connectivity index (χ0n) is 11.5. The number of fused-ring (bicyclic) bond motifs is 2. The van der Waals surface area contributed by atoms with Crippen LogP contribution in [0, 0.1) is 0 Å². The molecule has 2 N–H and O–H groups in total. The van der Waals surface area contributed by atoms with Crippen molar-refractivity contribution in [1.82, 2.24) is 5.32 Å². The Kier molecular flexibility index (Phi) is 5.37. The van der Waals surface area contributed by atoms with Crippen LogP contribution in [0.1, 0.15) is 23.3 Å². The van der Waals surface area contributed by atoms with E-state index in [1.165, 1.54) is 10.4 Å². The number of halogens is 4. The Morgan fingerprint density at radius 2 is 2.00 bits per heavy atom. The van der Waals surface area contributed by atoms with E-state index < -0.39 is 12.1 Å². The molecule has 0 aromatic carbocycles. The fraction of sp³-hybridized carbons (Fsp3) is 0.615. The minimum Gasteiger partial charge on any atom is -0.475 e. The summed E-state index contributed by atoms with van der Waals surface area (Å²) in [6.07, 6.45) is -1.90. The molecule has 1 fully saturated rings. The first-order valence-electron chi connectivity index (χ1n) is 6.68. The summed E-state index contributed by atoms with van der Waals surface area (Å²) in [7, 11) is 0. The molecule has 3 rings (SSSR count). The maximum absolute atomic E-state index is 10.6. The van der Waals surface area contributed by atoms with Gasteiger partial charge in [-0.1, -0.05) is 11.6 Å². The number of nitrogens with one attached hydrogen (secondary N) is 1. The van der Waals surface area contributed by atoms with Crippen LogP contribution in [0.3, 0.4) is 0 Å². The summed E-state index contributed by atoms with van der Waals surface area (Å²) in [5.41, 5.74) is 1.34. The van der Waals surface area contributed by atoms with Crippen molar-refractivity contribution in [3.05, 3.63) is 20.8 Å². The van der Waals surface area contributed by atoms with E-state index in [-0.39, 0.29) is 5.60 Å². The van der Waals surface area contributed by atoms with E-state index in [2.05, 4.69) is 11.4 Å². The molecule has 1 spiro atoms. The van der Waals surface area contributed by atoms with Gasteiger partial charge in [0.05, 0.1) is 16.5 Å². The van der Waals surface area contributed by atoms with Crippen molar-refractivity contribution < 1.29 is 27.8 Å². The maximum atomic E-state index is 10.6. The Labute approximate surface area is 134 Å². The molecule has 0 bridgehead atoms. The molecule has 2 aliphatic heterocycles. The lowest BCUT2D eigenvalue weighted by atomic mass is 9.83. The van der Waals surface area contributed by atoms with Gasteiger partial charge in [-0.25, -0.2) is 4.79 Å². The number of thiophene rings is 1. The molecule has 0 unspecified atom stereocenters. The second-order valence-corrected chi connectivity index (χ2v) is 6.80. The third-order valence-corrected chi connectivity index (χ3v) is 4.95. The van der Waals surface area contributed by atoms with E-state index in [9.17, 15) is 13.2 Å². The van der Waals surface area contributed by atoms with Gasteiger partial charge in [-0.2, -0.15) is 13.2 Å². The van der Waals surface area contributed by atoms with E-state index in [0.29, 0.717) is 0 Å². The van der Waals surface area contributed by atoms with Gasteiger partial charge in [0.1, 0.15) is 0 Å². The molecule has 0 atom stereocenters. The lowest BCUT2D eigenvalue weighted by Gasteiger charge is -2.40. The number of carboxylic acid groups (broad SMARTS) is 1. The molecule has 2 aliphatic rings. The Balaban J connectivity index is 0.000000217. The van der Waals surface area contributed by atoms with Crippen LogP contribution in [-0.2, 0) is 21.6 Å². The first-order chi connectivity index (χ1) is 10.2. The number of carboxylic acids is 1. The monoisotopic (exact) mass is 357 g/mol. The summed E-state index contributed by atoms with van der Waals surface area (Å²) in [6.45, 7) is 2.95. The van der Waals surface area contributed by atoms with Crippen molar-refractivity contribution in [2.24, 2.45) is 0 Å². The van der Waals surface area contributed by atoms with Gasteiger partial charge < -0.3 is 15.2 Å². The Morgan fingerprint density at radius 1 is 1.41 bits per heavy atom. The molecule has 0 amide bonds. The Morgan fingerprint density at radius 3 is 2.55 bits per heavy atom. The standard InChI is InChI=1S/C11H14ClNOS.C2HF3O2/c12-10-7-8-9(15-10)1-6-14-11(8)2-4-13-5-3-11;3-2(4,5)1(6)7/h7,13H,1-6H2;(H,6,7). The van der Waals surface area contributed by atoms with E-state index in [4.69, 9.17) is 26.2 Å². The van der Waals surface area contributed by atoms with Crippen molar-refractivity contribution in [3.8, 4) is 0 Å². The largest absolute Gasteiger partial charge is 0.490 e. The summed E-state index contributed by atoms with van der Waals surface area (Å²) < 4.78 is 38.7. The second kappa shape index (κ2) is 6.74. The minimum absolute atomic E-state index is 0.0253. The van der Waals surface area contributed by atoms with Crippen LogP contribution in [0.5, 0.6) is 0 Å². The minimum atomic E-state index is -5.08. The first kappa shape index (κ1) is 17.5. The van der Waals surface area contributed by atoms with Crippen molar-refractivity contribution in [2.75, 3.05) is 19.7 Å². The molecular weight excluding hydrogens is 343 g/mol. The fourth-order valence-corrected chi connectivity index (χ4v) is 3.97. The van der Waals surface area contributed by atoms with E-state index in [0.717, 1.165) is 43.3 Å². The highest BCUT2D eigenvalue weighted by Gasteiger charge is 2.40. The molecule has 1 saturated heterocycles. The van der Waals surface area contributed by atoms with E-state index in [1.807, 2.05) is 0 Å². The van der Waals surface area contributed by atoms with E-state index >= 15 is 0 Å². The predicted molar refractivity (Wildman–Crippen MR) is 76.5 cm³/mol. The number of ether oxygens (including phenoxy) is 1. The van der Waals surface area contributed by atoms with Gasteiger partial charge >= 0.3 is 12.1 Å². The highest BCUT2D eigenvalue weighted by atomic mass is 35.5. The molecule has 0 saturated carbocycles. The van der Waals surface area contributed by atoms with Gasteiger partial charge in [0.15, 0.2) is 0 Å². The number of carbonyl (C=O) groups is 1.